The fourth-order valence-corrected chi connectivity index (χ4v) is 2.86. The molecule has 0 spiro atoms. The normalized spacial score (nSPS) is 12.1. The monoisotopic (exact) mass is 407 g/mol. The van der Waals surface area contributed by atoms with Crippen LogP contribution in [0.3, 0.4) is 0 Å². The molecule has 0 saturated heterocycles. The molecule has 1 amide bonds. The van der Waals surface area contributed by atoms with Crippen molar-refractivity contribution in [2.45, 2.75) is 13.0 Å². The number of carbonyl (C=O) groups is 1. The lowest BCUT2D eigenvalue weighted by Crippen LogP contribution is -2.37. The largest absolute Gasteiger partial charge is 0.503 e. The van der Waals surface area contributed by atoms with Crippen molar-refractivity contribution in [1.82, 2.24) is 14.9 Å². The molecule has 3 rings (SSSR count). The molecular formula is C21H21N5O4. The maximum atomic E-state index is 12.2. The molecule has 0 aliphatic rings. The van der Waals surface area contributed by atoms with Crippen LogP contribution in [0.4, 0.5) is 17.2 Å². The van der Waals surface area contributed by atoms with E-state index in [1.54, 1.807) is 0 Å². The molecule has 0 aliphatic heterocycles. The van der Waals surface area contributed by atoms with E-state index in [9.17, 15) is 19.5 Å². The van der Waals surface area contributed by atoms with Gasteiger partial charge in [-0.1, -0.05) is 42.5 Å². The molecular weight excluding hydrogens is 386 g/mol. The maximum absolute atomic E-state index is 12.2. The Morgan fingerprint density at radius 3 is 2.40 bits per heavy atom. The molecule has 30 heavy (non-hydrogen) atoms. The highest BCUT2D eigenvalue weighted by molar-refractivity contribution is 5.96. The van der Waals surface area contributed by atoms with E-state index in [0.717, 1.165) is 11.9 Å². The quantitative estimate of drug-likeness (QED) is 0.401. The summed E-state index contributed by atoms with van der Waals surface area (Å²) in [6, 6.07) is 9.07. The van der Waals surface area contributed by atoms with Crippen molar-refractivity contribution in [2.24, 2.45) is 0 Å². The van der Waals surface area contributed by atoms with Crippen LogP contribution in [-0.2, 0) is 0 Å². The van der Waals surface area contributed by atoms with Crippen molar-refractivity contribution < 1.29 is 9.90 Å². The highest BCUT2D eigenvalue weighted by atomic mass is 16.3. The van der Waals surface area contributed by atoms with Crippen LogP contribution in [0.1, 0.15) is 29.0 Å². The Morgan fingerprint density at radius 2 is 1.77 bits per heavy atom. The summed E-state index contributed by atoms with van der Waals surface area (Å²) in [4.78, 5) is 45.4. The van der Waals surface area contributed by atoms with E-state index in [2.05, 4.69) is 20.6 Å². The summed E-state index contributed by atoms with van der Waals surface area (Å²) in [5, 5.41) is 16.1. The van der Waals surface area contributed by atoms with E-state index >= 15 is 0 Å². The number of carbonyl (C=O) groups excluding carboxylic acids is 1. The topological polar surface area (TPSA) is 125 Å². The summed E-state index contributed by atoms with van der Waals surface area (Å²) in [6.07, 6.45) is 4.77. The Labute approximate surface area is 172 Å². The number of allylic oxidation sites excluding steroid dienone is 1. The smallest absolute Gasteiger partial charge is 0.276 e. The molecule has 9 heteroatoms. The molecule has 0 aliphatic carbocycles. The molecule has 1 atom stereocenters. The van der Waals surface area contributed by atoms with Crippen molar-refractivity contribution in [1.29, 1.82) is 0 Å². The van der Waals surface area contributed by atoms with E-state index in [0.29, 0.717) is 0 Å². The van der Waals surface area contributed by atoms with Crippen molar-refractivity contribution >= 4 is 23.1 Å². The molecule has 3 N–H and O–H groups in total. The minimum Gasteiger partial charge on any atom is -0.503 e. The number of amides is 1. The van der Waals surface area contributed by atoms with Crippen molar-refractivity contribution in [3.05, 3.63) is 80.5 Å². The number of nitrogens with one attached hydrogen (secondary N) is 2. The van der Waals surface area contributed by atoms with Gasteiger partial charge in [-0.05, 0) is 12.5 Å². The molecule has 0 radical (unpaired) electrons. The lowest BCUT2D eigenvalue weighted by molar-refractivity contribution is 0.0818. The van der Waals surface area contributed by atoms with Gasteiger partial charge in [-0.15, -0.1) is 0 Å². The minimum absolute atomic E-state index is 0.0392. The van der Waals surface area contributed by atoms with E-state index in [4.69, 9.17) is 0 Å². The number of anilines is 3. The number of benzene rings is 1. The van der Waals surface area contributed by atoms with Crippen molar-refractivity contribution in [3.8, 4) is 5.75 Å². The zero-order valence-corrected chi connectivity index (χ0v) is 16.7. The molecule has 154 valence electrons. The van der Waals surface area contributed by atoms with Gasteiger partial charge in [0, 0.05) is 14.1 Å². The Hall–Kier alpha value is -4.01. The van der Waals surface area contributed by atoms with Crippen LogP contribution in [0, 0.1) is 0 Å². The second-order valence-electron chi connectivity index (χ2n) is 6.71. The fourth-order valence-electron chi connectivity index (χ4n) is 2.86. The van der Waals surface area contributed by atoms with Crippen LogP contribution in [0.2, 0.25) is 0 Å². The number of rotatable bonds is 7. The zero-order chi connectivity index (χ0) is 21.8. The Balaban J connectivity index is 1.93. The SMILES string of the molecule is C/C=C/[C@@H](Nc1c(Nc2ncnc(C(=O)N(C)C)c2O)c(=O)c1=O)c1ccccc1. The zero-order valence-electron chi connectivity index (χ0n) is 16.7. The Bertz CT molecular complexity index is 1160. The number of aromatic hydroxyl groups is 1. The van der Waals surface area contributed by atoms with E-state index in [1.807, 2.05) is 49.4 Å². The standard InChI is InChI=1S/C21H21N5O4/c1-4-8-13(12-9-6-5-7-10-12)24-14-15(18(28)17(14)27)25-20-19(29)16(22-11-23-20)21(30)26(2)3/h4-11,13,24,29H,1-3H3,(H,22,23,25)/b8-4+/t13-/m1/s1. The van der Waals surface area contributed by atoms with Gasteiger partial charge >= 0.3 is 0 Å². The summed E-state index contributed by atoms with van der Waals surface area (Å²) in [7, 11) is 3.03. The van der Waals surface area contributed by atoms with Crippen LogP contribution in [-0.4, -0.2) is 40.0 Å². The van der Waals surface area contributed by atoms with Crippen LogP contribution in [0.25, 0.3) is 0 Å². The van der Waals surface area contributed by atoms with Crippen LogP contribution in [0.5, 0.6) is 5.75 Å². The van der Waals surface area contributed by atoms with Gasteiger partial charge in [0.1, 0.15) is 17.7 Å². The first-order valence-corrected chi connectivity index (χ1v) is 9.15. The third kappa shape index (κ3) is 3.90. The van der Waals surface area contributed by atoms with Gasteiger partial charge in [-0.2, -0.15) is 0 Å². The predicted molar refractivity (Wildman–Crippen MR) is 114 cm³/mol. The van der Waals surface area contributed by atoms with Gasteiger partial charge in [-0.3, -0.25) is 14.4 Å². The van der Waals surface area contributed by atoms with Gasteiger partial charge in [0.25, 0.3) is 16.8 Å². The lowest BCUT2D eigenvalue weighted by atomic mass is 10.0. The lowest BCUT2D eigenvalue weighted by Gasteiger charge is -2.21. The molecule has 0 bridgehead atoms. The molecule has 0 fully saturated rings. The summed E-state index contributed by atoms with van der Waals surface area (Å²) < 4.78 is 0. The molecule has 1 heterocycles. The molecule has 2 aromatic carbocycles. The average molecular weight is 407 g/mol. The molecule has 0 unspecified atom stereocenters. The molecule has 1 aromatic heterocycles. The van der Waals surface area contributed by atoms with E-state index < -0.39 is 22.5 Å². The summed E-state index contributed by atoms with van der Waals surface area (Å²) >= 11 is 0. The van der Waals surface area contributed by atoms with E-state index in [-0.39, 0.29) is 28.9 Å². The number of hydrogen-bond acceptors (Lipinski definition) is 8. The van der Waals surface area contributed by atoms with Gasteiger partial charge < -0.3 is 20.6 Å². The third-order valence-corrected chi connectivity index (χ3v) is 4.43. The van der Waals surface area contributed by atoms with Crippen LogP contribution >= 0.6 is 0 Å². The maximum Gasteiger partial charge on any atom is 0.276 e. The van der Waals surface area contributed by atoms with Gasteiger partial charge in [0.05, 0.1) is 6.04 Å². The minimum atomic E-state index is -0.747. The Morgan fingerprint density at radius 1 is 1.10 bits per heavy atom. The molecule has 0 saturated carbocycles. The first-order valence-electron chi connectivity index (χ1n) is 9.15. The first kappa shape index (κ1) is 20.7. The van der Waals surface area contributed by atoms with Crippen LogP contribution in [0.15, 0.2) is 58.4 Å². The van der Waals surface area contributed by atoms with E-state index in [1.165, 1.54) is 19.0 Å². The first-order chi connectivity index (χ1) is 14.3. The molecule has 3 aromatic rings. The second-order valence-corrected chi connectivity index (χ2v) is 6.71. The van der Waals surface area contributed by atoms with Gasteiger partial charge in [0.2, 0.25) is 0 Å². The predicted octanol–water partition coefficient (Wildman–Crippen LogP) is 1.95. The van der Waals surface area contributed by atoms with Gasteiger partial charge in [-0.25, -0.2) is 9.97 Å². The Kier molecular flexibility index (Phi) is 5.91. The second kappa shape index (κ2) is 8.56. The summed E-state index contributed by atoms with van der Waals surface area (Å²) in [5.74, 6) is -1.19. The van der Waals surface area contributed by atoms with Crippen molar-refractivity contribution in [2.75, 3.05) is 24.7 Å². The van der Waals surface area contributed by atoms with Crippen molar-refractivity contribution in [3.63, 3.8) is 0 Å². The number of nitrogens with zero attached hydrogens (tertiary/aromatic N) is 3. The molecule has 9 nitrogen and oxygen atoms in total. The van der Waals surface area contributed by atoms with Gasteiger partial charge in [0.15, 0.2) is 17.3 Å². The number of hydrogen-bond donors (Lipinski definition) is 3. The average Bonchev–Trinajstić information content (AvgIpc) is 2.76. The third-order valence-electron chi connectivity index (χ3n) is 4.43. The summed E-state index contributed by atoms with van der Waals surface area (Å²) in [5.41, 5.74) is -0.711. The highest BCUT2D eigenvalue weighted by Crippen LogP contribution is 2.30. The fraction of sp³-hybridized carbons (Fsp3) is 0.190. The summed E-state index contributed by atoms with van der Waals surface area (Å²) in [6.45, 7) is 1.85. The number of aromatic nitrogens is 2. The van der Waals surface area contributed by atoms with Crippen LogP contribution < -0.4 is 21.5 Å². The highest BCUT2D eigenvalue weighted by Gasteiger charge is 2.26.